The number of nitrogens with one attached hydrogen (secondary N) is 1. The van der Waals surface area contributed by atoms with E-state index in [0.29, 0.717) is 32.7 Å². The number of thiazole rings is 1. The molecule has 164 valence electrons. The lowest BCUT2D eigenvalue weighted by atomic mass is 10.2. The predicted octanol–water partition coefficient (Wildman–Crippen LogP) is 4.16. The van der Waals surface area contributed by atoms with Gasteiger partial charge in [-0.2, -0.15) is 0 Å². The van der Waals surface area contributed by atoms with Crippen molar-refractivity contribution in [2.24, 2.45) is 0 Å². The van der Waals surface area contributed by atoms with Crippen molar-refractivity contribution < 1.29 is 14.3 Å². The van der Waals surface area contributed by atoms with E-state index in [1.165, 1.54) is 0 Å². The van der Waals surface area contributed by atoms with E-state index in [0.717, 1.165) is 46.9 Å². The highest BCUT2D eigenvalue weighted by Gasteiger charge is 2.06. The number of nitrogens with zero attached hydrogens (tertiary/aromatic N) is 1. The summed E-state index contributed by atoms with van der Waals surface area (Å²) in [7, 11) is 0. The summed E-state index contributed by atoms with van der Waals surface area (Å²) in [5.41, 5.74) is 2.03. The van der Waals surface area contributed by atoms with Crippen LogP contribution in [0, 0.1) is 6.92 Å². The molecule has 6 nitrogen and oxygen atoms in total. The van der Waals surface area contributed by atoms with Gasteiger partial charge in [0.1, 0.15) is 18.1 Å². The number of unbranched alkanes of at least 4 members (excludes halogenated alkanes) is 1. The van der Waals surface area contributed by atoms with E-state index in [1.807, 2.05) is 66.9 Å². The molecule has 1 heterocycles. The van der Waals surface area contributed by atoms with Crippen LogP contribution in [-0.4, -0.2) is 23.6 Å². The first kappa shape index (κ1) is 22.6. The molecular weight excluding hydrogens is 412 g/mol. The number of carbonyl (C=O) groups is 1. The van der Waals surface area contributed by atoms with Crippen LogP contribution in [0.3, 0.4) is 0 Å². The lowest BCUT2D eigenvalue weighted by Crippen LogP contribution is -2.27. The quantitative estimate of drug-likeness (QED) is 0.429. The second-order valence-corrected chi connectivity index (χ2v) is 8.02. The van der Waals surface area contributed by atoms with Crippen LogP contribution in [0.15, 0.2) is 64.8 Å². The number of rotatable bonds is 12. The van der Waals surface area contributed by atoms with Crippen LogP contribution in [0.4, 0.5) is 0 Å². The number of benzene rings is 2. The number of aryl methyl sites for hydroxylation is 1. The molecule has 1 amide bonds. The molecule has 7 heteroatoms. The maximum atomic E-state index is 11.9. The summed E-state index contributed by atoms with van der Waals surface area (Å²) in [6.07, 6.45) is 1.99. The van der Waals surface area contributed by atoms with Crippen molar-refractivity contribution in [2.45, 2.75) is 39.3 Å². The fourth-order valence-electron chi connectivity index (χ4n) is 2.99. The Morgan fingerprint density at radius 1 is 1.00 bits per heavy atom. The van der Waals surface area contributed by atoms with Crippen LogP contribution in [-0.2, 0) is 17.9 Å². The van der Waals surface area contributed by atoms with E-state index in [4.69, 9.17) is 9.47 Å². The molecular formula is C24H28N2O4S. The molecule has 2 aromatic carbocycles. The first-order valence-corrected chi connectivity index (χ1v) is 11.3. The Morgan fingerprint density at radius 3 is 2.39 bits per heavy atom. The molecule has 0 saturated carbocycles. The zero-order valence-corrected chi connectivity index (χ0v) is 18.5. The van der Waals surface area contributed by atoms with Crippen molar-refractivity contribution in [3.63, 3.8) is 0 Å². The molecule has 1 aromatic heterocycles. The number of aromatic nitrogens is 1. The van der Waals surface area contributed by atoms with E-state index in [9.17, 15) is 9.59 Å². The molecule has 3 aromatic rings. The summed E-state index contributed by atoms with van der Waals surface area (Å²) >= 11 is 1.16. The van der Waals surface area contributed by atoms with E-state index in [1.54, 1.807) is 4.57 Å². The average Bonchev–Trinajstić information content (AvgIpc) is 3.12. The molecule has 1 N–H and O–H groups in total. The zero-order chi connectivity index (χ0) is 21.9. The van der Waals surface area contributed by atoms with Crippen molar-refractivity contribution >= 4 is 17.2 Å². The third kappa shape index (κ3) is 7.61. The molecule has 0 aliphatic carbocycles. The number of hydrogen-bond acceptors (Lipinski definition) is 5. The van der Waals surface area contributed by atoms with E-state index in [2.05, 4.69) is 5.32 Å². The van der Waals surface area contributed by atoms with Crippen LogP contribution < -0.4 is 19.7 Å². The van der Waals surface area contributed by atoms with Crippen molar-refractivity contribution in [3.8, 4) is 11.5 Å². The summed E-state index contributed by atoms with van der Waals surface area (Å²) in [6.45, 7) is 4.03. The highest BCUT2D eigenvalue weighted by atomic mass is 32.1. The number of ether oxygens (including phenoxy) is 2. The molecule has 31 heavy (non-hydrogen) atoms. The minimum atomic E-state index is -0.0375. The van der Waals surface area contributed by atoms with Gasteiger partial charge in [-0.1, -0.05) is 41.7 Å². The van der Waals surface area contributed by atoms with Gasteiger partial charge in [0, 0.05) is 30.6 Å². The maximum absolute atomic E-state index is 11.9. The SMILES string of the molecule is Cc1csc(=O)n1CCC(=O)NCCCCOc1ccc(OCc2ccccc2)cc1. The van der Waals surface area contributed by atoms with Gasteiger partial charge in [-0.25, -0.2) is 0 Å². The first-order valence-electron chi connectivity index (χ1n) is 10.4. The van der Waals surface area contributed by atoms with Gasteiger partial charge in [0.05, 0.1) is 6.61 Å². The number of hydrogen-bond donors (Lipinski definition) is 1. The van der Waals surface area contributed by atoms with Crippen LogP contribution in [0.5, 0.6) is 11.5 Å². The van der Waals surface area contributed by atoms with Crippen molar-refractivity contribution in [2.75, 3.05) is 13.2 Å². The van der Waals surface area contributed by atoms with Crippen LogP contribution >= 0.6 is 11.3 Å². The van der Waals surface area contributed by atoms with E-state index in [-0.39, 0.29) is 10.8 Å². The van der Waals surface area contributed by atoms with E-state index >= 15 is 0 Å². The lowest BCUT2D eigenvalue weighted by Gasteiger charge is -2.09. The fourth-order valence-corrected chi connectivity index (χ4v) is 3.76. The summed E-state index contributed by atoms with van der Waals surface area (Å²) in [4.78, 5) is 23.5. The Bertz CT molecular complexity index is 996. The summed E-state index contributed by atoms with van der Waals surface area (Å²) < 4.78 is 13.2. The standard InChI is InChI=1S/C24H28N2O4S/c1-19-18-31-24(28)26(19)15-13-23(27)25-14-5-6-16-29-21-9-11-22(12-10-21)30-17-20-7-3-2-4-8-20/h2-4,7-12,18H,5-6,13-17H2,1H3,(H,25,27). The lowest BCUT2D eigenvalue weighted by molar-refractivity contribution is -0.121. The smallest absolute Gasteiger partial charge is 0.307 e. The summed E-state index contributed by atoms with van der Waals surface area (Å²) in [5.74, 6) is 1.57. The van der Waals surface area contributed by atoms with Gasteiger partial charge < -0.3 is 19.4 Å². The van der Waals surface area contributed by atoms with Gasteiger partial charge in [0.15, 0.2) is 0 Å². The monoisotopic (exact) mass is 440 g/mol. The van der Waals surface area contributed by atoms with Crippen LogP contribution in [0.1, 0.15) is 30.5 Å². The second kappa shape index (κ2) is 12.0. The highest BCUT2D eigenvalue weighted by molar-refractivity contribution is 7.07. The molecule has 0 saturated heterocycles. The number of amides is 1. The van der Waals surface area contributed by atoms with Gasteiger partial charge in [0.25, 0.3) is 0 Å². The van der Waals surface area contributed by atoms with Crippen molar-refractivity contribution in [1.29, 1.82) is 0 Å². The zero-order valence-electron chi connectivity index (χ0n) is 17.7. The molecule has 0 bridgehead atoms. The minimum Gasteiger partial charge on any atom is -0.494 e. The van der Waals surface area contributed by atoms with Gasteiger partial charge in [-0.3, -0.25) is 9.59 Å². The van der Waals surface area contributed by atoms with Gasteiger partial charge in [-0.05, 0) is 49.6 Å². The van der Waals surface area contributed by atoms with Crippen LogP contribution in [0.25, 0.3) is 0 Å². The minimum absolute atomic E-state index is 0.0155. The molecule has 0 aliphatic heterocycles. The predicted molar refractivity (Wildman–Crippen MR) is 123 cm³/mol. The molecule has 0 radical (unpaired) electrons. The second-order valence-electron chi connectivity index (χ2n) is 7.20. The van der Waals surface area contributed by atoms with E-state index < -0.39 is 0 Å². The van der Waals surface area contributed by atoms with Gasteiger partial charge >= 0.3 is 4.87 Å². The molecule has 3 rings (SSSR count). The Balaban J connectivity index is 1.25. The Morgan fingerprint density at radius 2 is 1.71 bits per heavy atom. The van der Waals surface area contributed by atoms with Crippen LogP contribution in [0.2, 0.25) is 0 Å². The van der Waals surface area contributed by atoms with Crippen molar-refractivity contribution in [3.05, 3.63) is 80.9 Å². The Labute approximate surface area is 186 Å². The third-order valence-electron chi connectivity index (χ3n) is 4.77. The summed E-state index contributed by atoms with van der Waals surface area (Å²) in [5, 5.41) is 4.71. The number of carbonyl (C=O) groups excluding carboxylic acids is 1. The molecule has 0 spiro atoms. The fraction of sp³-hybridized carbons (Fsp3) is 0.333. The van der Waals surface area contributed by atoms with Crippen molar-refractivity contribution in [1.82, 2.24) is 9.88 Å². The van der Waals surface area contributed by atoms with Gasteiger partial charge in [-0.15, -0.1) is 0 Å². The highest BCUT2D eigenvalue weighted by Crippen LogP contribution is 2.19. The molecule has 0 aliphatic rings. The Hall–Kier alpha value is -3.06. The topological polar surface area (TPSA) is 69.6 Å². The molecule has 0 atom stereocenters. The normalized spacial score (nSPS) is 10.6. The summed E-state index contributed by atoms with van der Waals surface area (Å²) in [6, 6.07) is 17.6. The molecule has 0 unspecified atom stereocenters. The third-order valence-corrected chi connectivity index (χ3v) is 5.65. The van der Waals surface area contributed by atoms with Gasteiger partial charge in [0.2, 0.25) is 5.91 Å². The first-order chi connectivity index (χ1) is 15.1. The Kier molecular flexibility index (Phi) is 8.72. The molecule has 0 fully saturated rings. The average molecular weight is 441 g/mol. The maximum Gasteiger partial charge on any atom is 0.307 e. The largest absolute Gasteiger partial charge is 0.494 e.